The molecule has 0 saturated heterocycles. The molecule has 0 unspecified atom stereocenters. The molecule has 1 radical (unpaired) electrons. The Bertz CT molecular complexity index is 281. The molecule has 0 aromatic carbocycles. The van der Waals surface area contributed by atoms with Crippen LogP contribution < -0.4 is 5.32 Å². The fraction of sp³-hybridized carbons (Fsp3) is 0.875. The molecule has 0 bridgehead atoms. The van der Waals surface area contributed by atoms with E-state index in [4.69, 9.17) is 18.9 Å². The molecular weight excluding hydrogens is 391 g/mol. The predicted molar refractivity (Wildman–Crippen MR) is 86.1 cm³/mol. The second-order valence-electron chi connectivity index (χ2n) is 4.99. The third kappa shape index (κ3) is 24.3. The average molecular weight is 421 g/mol. The van der Waals surface area contributed by atoms with Crippen molar-refractivity contribution in [3.8, 4) is 0 Å². The molecule has 0 aromatic heterocycles. The maximum absolute atomic E-state index is 10.7. The van der Waals surface area contributed by atoms with Crippen molar-refractivity contribution in [3.63, 3.8) is 0 Å². The maximum Gasteiger partial charge on any atom is 0.129 e. The van der Waals surface area contributed by atoms with Crippen LogP contribution in [0.1, 0.15) is 32.6 Å². The molecule has 0 aliphatic carbocycles. The molecule has 0 saturated carbocycles. The smallest absolute Gasteiger partial charge is 0.129 e. The van der Waals surface area contributed by atoms with Gasteiger partial charge < -0.3 is 33.9 Å². The van der Waals surface area contributed by atoms with Crippen LogP contribution in [-0.2, 0) is 61.2 Å². The van der Waals surface area contributed by atoms with Crippen LogP contribution >= 0.6 is 0 Å². The van der Waals surface area contributed by atoms with Crippen LogP contribution in [0.5, 0.6) is 0 Å². The first kappa shape index (κ1) is 26.3. The minimum absolute atomic E-state index is 0. The Kier molecular flexibility index (Phi) is 25.3. The first-order valence-corrected chi connectivity index (χ1v) is 8.17. The largest absolute Gasteiger partial charge is 0.530 e. The van der Waals surface area contributed by atoms with Crippen LogP contribution in [-0.4, -0.2) is 71.6 Å². The summed E-state index contributed by atoms with van der Waals surface area (Å²) in [4.78, 5) is 20.6. The van der Waals surface area contributed by atoms with E-state index in [9.17, 15) is 9.59 Å². The fourth-order valence-electron chi connectivity index (χ4n) is 1.65. The van der Waals surface area contributed by atoms with E-state index < -0.39 is 0 Å². The molecule has 1 N–H and O–H groups in total. The zero-order valence-electron chi connectivity index (χ0n) is 14.7. The number of hydrogen-bond acceptors (Lipinski definition) is 6. The summed E-state index contributed by atoms with van der Waals surface area (Å²) < 4.78 is 21.4. The van der Waals surface area contributed by atoms with Crippen molar-refractivity contribution in [1.29, 1.82) is 0 Å². The Balaban J connectivity index is 0. The Morgan fingerprint density at radius 3 is 1.71 bits per heavy atom. The van der Waals surface area contributed by atoms with Gasteiger partial charge in [0, 0.05) is 52.3 Å². The van der Waals surface area contributed by atoms with Gasteiger partial charge in [-0.25, -0.2) is 0 Å². The van der Waals surface area contributed by atoms with E-state index >= 15 is 0 Å². The molecule has 0 fully saturated rings. The Labute approximate surface area is 170 Å². The number of amides is 1. The van der Waals surface area contributed by atoms with E-state index in [1.54, 1.807) is 13.3 Å². The molecule has 8 heteroatoms. The van der Waals surface area contributed by atoms with Gasteiger partial charge in [0.25, 0.3) is 0 Å². The van der Waals surface area contributed by atoms with Crippen LogP contribution in [0.2, 0.25) is 0 Å². The van der Waals surface area contributed by atoms with Gasteiger partial charge in [-0.3, -0.25) is 0 Å². The van der Waals surface area contributed by atoms with Gasteiger partial charge in [0.2, 0.25) is 0 Å². The van der Waals surface area contributed by atoms with E-state index in [2.05, 4.69) is 5.32 Å². The van der Waals surface area contributed by atoms with Gasteiger partial charge in [0.15, 0.2) is 0 Å². The third-order valence-electron chi connectivity index (χ3n) is 2.85. The van der Waals surface area contributed by atoms with Crippen molar-refractivity contribution in [2.45, 2.75) is 32.6 Å². The minimum Gasteiger partial charge on any atom is -0.530 e. The Morgan fingerprint density at radius 2 is 1.25 bits per heavy atom. The van der Waals surface area contributed by atoms with E-state index in [0.717, 1.165) is 19.3 Å². The number of hydrogen-bond donors (Lipinski definition) is 1. The molecule has 1 amide bonds. The van der Waals surface area contributed by atoms with Crippen molar-refractivity contribution < 1.29 is 61.2 Å². The summed E-state index contributed by atoms with van der Waals surface area (Å²) in [5, 5.41) is 2.45. The van der Waals surface area contributed by atoms with Gasteiger partial charge in [-0.15, -0.1) is 0 Å². The third-order valence-corrected chi connectivity index (χ3v) is 2.85. The van der Waals surface area contributed by atoms with E-state index in [1.807, 2.05) is 0 Å². The van der Waals surface area contributed by atoms with Gasteiger partial charge in [-0.2, -0.15) is 6.41 Å². The van der Waals surface area contributed by atoms with Crippen LogP contribution in [0, 0.1) is 0 Å². The summed E-state index contributed by atoms with van der Waals surface area (Å²) in [5.74, 6) is 0.229. The second-order valence-corrected chi connectivity index (χ2v) is 4.99. The van der Waals surface area contributed by atoms with E-state index in [-0.39, 0.29) is 38.5 Å². The molecule has 0 heterocycles. The molecular formula is C16H30NO6Y-. The molecule has 0 spiro atoms. The van der Waals surface area contributed by atoms with E-state index in [1.165, 1.54) is 0 Å². The van der Waals surface area contributed by atoms with E-state index in [0.29, 0.717) is 65.8 Å². The number of Topliss-reactive ketones (excluding diaryl/α,β-unsaturated/α-hetero) is 1. The fourth-order valence-corrected chi connectivity index (χ4v) is 1.65. The second kappa shape index (κ2) is 23.1. The van der Waals surface area contributed by atoms with Gasteiger partial charge in [0.05, 0.1) is 39.6 Å². The summed E-state index contributed by atoms with van der Waals surface area (Å²) in [5.41, 5.74) is 0. The van der Waals surface area contributed by atoms with Gasteiger partial charge in [-0.05, 0) is 32.7 Å². The van der Waals surface area contributed by atoms with Crippen molar-refractivity contribution in [2.24, 2.45) is 0 Å². The quantitative estimate of drug-likeness (QED) is 0.189. The summed E-state index contributed by atoms with van der Waals surface area (Å²) in [6, 6.07) is 0. The standard InChI is InChI=1S/C16H30NO6.Y/c1-16(19)5-2-3-7-20-9-11-22-13-14-23-12-10-21-8-4-6-17-15-18;/h2-14H2,1H3,(H,17,18);/q-1;. The van der Waals surface area contributed by atoms with Crippen molar-refractivity contribution in [3.05, 3.63) is 0 Å². The van der Waals surface area contributed by atoms with Crippen molar-refractivity contribution >= 4 is 12.2 Å². The van der Waals surface area contributed by atoms with Crippen LogP contribution in [0.25, 0.3) is 0 Å². The molecule has 0 aliphatic rings. The first-order valence-electron chi connectivity index (χ1n) is 8.17. The molecule has 139 valence electrons. The SMILES string of the molecule is CC(=O)CCCCOCCOCCOCCOCCCN[C-]=O.[Y]. The summed E-state index contributed by atoms with van der Waals surface area (Å²) >= 11 is 0. The number of unbranched alkanes of at least 4 members (excludes halogenated alkanes) is 1. The monoisotopic (exact) mass is 421 g/mol. The topological polar surface area (TPSA) is 83.1 Å². The normalized spacial score (nSPS) is 10.2. The number of ether oxygens (including phenoxy) is 4. The Morgan fingerprint density at radius 1 is 0.792 bits per heavy atom. The number of rotatable bonds is 19. The van der Waals surface area contributed by atoms with Gasteiger partial charge >= 0.3 is 0 Å². The number of carbonyl (C=O) groups excluding carboxylic acids is 2. The maximum atomic E-state index is 10.7. The summed E-state index contributed by atoms with van der Waals surface area (Å²) in [6.07, 6.45) is 4.81. The predicted octanol–water partition coefficient (Wildman–Crippen LogP) is 0.857. The summed E-state index contributed by atoms with van der Waals surface area (Å²) in [7, 11) is 0. The van der Waals surface area contributed by atoms with Crippen LogP contribution in [0.15, 0.2) is 0 Å². The Hall–Kier alpha value is 0.0839. The van der Waals surface area contributed by atoms with Gasteiger partial charge in [-0.1, -0.05) is 0 Å². The molecule has 0 atom stereocenters. The number of nitrogens with one attached hydrogen (secondary N) is 1. The minimum atomic E-state index is 0. The van der Waals surface area contributed by atoms with Gasteiger partial charge in [0.1, 0.15) is 5.78 Å². The first-order chi connectivity index (χ1) is 11.3. The molecule has 24 heavy (non-hydrogen) atoms. The number of carbonyl (C=O) groups is 1. The van der Waals surface area contributed by atoms with Crippen LogP contribution in [0.4, 0.5) is 0 Å². The summed E-state index contributed by atoms with van der Waals surface area (Å²) in [6.45, 7) is 6.70. The molecule has 0 aliphatic heterocycles. The average Bonchev–Trinajstić information content (AvgIpc) is 2.53. The molecule has 7 nitrogen and oxygen atoms in total. The molecule has 0 rings (SSSR count). The zero-order valence-corrected chi connectivity index (χ0v) is 17.6. The van der Waals surface area contributed by atoms with Crippen molar-refractivity contribution in [1.82, 2.24) is 5.32 Å². The number of ketones is 1. The molecule has 0 aromatic rings. The van der Waals surface area contributed by atoms with Crippen LogP contribution in [0.3, 0.4) is 0 Å². The van der Waals surface area contributed by atoms with Crippen molar-refractivity contribution in [2.75, 3.05) is 59.4 Å². The zero-order chi connectivity index (χ0) is 17.0.